The molecule has 0 aliphatic rings. The van der Waals surface area contributed by atoms with Crippen LogP contribution in [0.1, 0.15) is 17.4 Å². The average Bonchev–Trinajstić information content (AvgIpc) is 2.98. The van der Waals surface area contributed by atoms with Crippen LogP contribution >= 0.6 is 0 Å². The molecule has 2 aromatic rings. The van der Waals surface area contributed by atoms with Crippen molar-refractivity contribution in [2.45, 2.75) is 20.0 Å². The highest BCUT2D eigenvalue weighted by molar-refractivity contribution is 5.97. The number of hydrogen-bond donors (Lipinski definition) is 2. The van der Waals surface area contributed by atoms with Gasteiger partial charge in [-0.2, -0.15) is 5.10 Å². The zero-order valence-corrected chi connectivity index (χ0v) is 10.1. The van der Waals surface area contributed by atoms with E-state index in [1.807, 2.05) is 6.92 Å². The van der Waals surface area contributed by atoms with E-state index in [0.29, 0.717) is 31.0 Å². The van der Waals surface area contributed by atoms with Gasteiger partial charge in [-0.3, -0.25) is 14.2 Å². The number of nitrogens with two attached hydrogens (primary N) is 1. The molecule has 0 atom stereocenters. The van der Waals surface area contributed by atoms with E-state index in [2.05, 4.69) is 20.7 Å². The van der Waals surface area contributed by atoms with Crippen molar-refractivity contribution in [1.29, 1.82) is 0 Å². The molecule has 0 unspecified atom stereocenters. The number of aryl methyl sites for hydroxylation is 1. The van der Waals surface area contributed by atoms with Crippen LogP contribution < -0.4 is 11.1 Å². The molecule has 0 spiro atoms. The third-order valence-electron chi connectivity index (χ3n) is 2.48. The summed E-state index contributed by atoms with van der Waals surface area (Å²) in [4.78, 5) is 11.9. The standard InChI is InChI=1S/C10H15N7O/c1-2-17-9(8(11)7-14-17)10(18)12-3-5-16-6-4-13-15-16/h4,6-7H,2-3,5,11H2,1H3,(H,12,18). The Kier molecular flexibility index (Phi) is 3.56. The molecule has 96 valence electrons. The first-order valence-electron chi connectivity index (χ1n) is 5.66. The summed E-state index contributed by atoms with van der Waals surface area (Å²) in [5, 5.41) is 14.3. The van der Waals surface area contributed by atoms with E-state index in [9.17, 15) is 4.79 Å². The average molecular weight is 249 g/mol. The van der Waals surface area contributed by atoms with Gasteiger partial charge in [-0.25, -0.2) is 0 Å². The molecule has 0 radical (unpaired) electrons. The predicted octanol–water partition coefficient (Wildman–Crippen LogP) is -0.493. The van der Waals surface area contributed by atoms with Gasteiger partial charge in [-0.05, 0) is 6.92 Å². The van der Waals surface area contributed by atoms with Crippen LogP contribution in [0.3, 0.4) is 0 Å². The van der Waals surface area contributed by atoms with Crippen molar-refractivity contribution in [3.8, 4) is 0 Å². The minimum atomic E-state index is -0.230. The summed E-state index contributed by atoms with van der Waals surface area (Å²) in [6, 6.07) is 0. The number of carbonyl (C=O) groups is 1. The molecule has 0 fully saturated rings. The van der Waals surface area contributed by atoms with Crippen molar-refractivity contribution < 1.29 is 4.79 Å². The van der Waals surface area contributed by atoms with Crippen LogP contribution in [-0.2, 0) is 13.1 Å². The number of aromatic nitrogens is 5. The van der Waals surface area contributed by atoms with Gasteiger partial charge in [0.15, 0.2) is 0 Å². The molecule has 18 heavy (non-hydrogen) atoms. The summed E-state index contributed by atoms with van der Waals surface area (Å²) in [6.45, 7) is 3.52. The number of nitrogens with zero attached hydrogens (tertiary/aromatic N) is 5. The van der Waals surface area contributed by atoms with Gasteiger partial charge in [0.05, 0.1) is 24.6 Å². The lowest BCUT2D eigenvalue weighted by Gasteiger charge is -2.07. The van der Waals surface area contributed by atoms with E-state index in [4.69, 9.17) is 5.73 Å². The molecule has 3 N–H and O–H groups in total. The lowest BCUT2D eigenvalue weighted by atomic mass is 10.3. The Morgan fingerprint density at radius 1 is 1.56 bits per heavy atom. The van der Waals surface area contributed by atoms with Gasteiger partial charge in [0.25, 0.3) is 5.91 Å². The Morgan fingerprint density at radius 2 is 2.39 bits per heavy atom. The number of nitrogen functional groups attached to an aromatic ring is 1. The number of hydrogen-bond acceptors (Lipinski definition) is 5. The molecule has 1 amide bonds. The molecule has 0 saturated carbocycles. The van der Waals surface area contributed by atoms with Crippen molar-refractivity contribution in [1.82, 2.24) is 30.1 Å². The summed E-state index contributed by atoms with van der Waals surface area (Å²) in [7, 11) is 0. The van der Waals surface area contributed by atoms with Gasteiger partial charge in [-0.15, -0.1) is 5.10 Å². The van der Waals surface area contributed by atoms with E-state index in [1.165, 1.54) is 6.20 Å². The third kappa shape index (κ3) is 2.47. The zero-order chi connectivity index (χ0) is 13.0. The maximum Gasteiger partial charge on any atom is 0.271 e. The van der Waals surface area contributed by atoms with Crippen molar-refractivity contribution in [2.24, 2.45) is 0 Å². The van der Waals surface area contributed by atoms with Crippen LogP contribution in [0.15, 0.2) is 18.6 Å². The Balaban J connectivity index is 1.93. The quantitative estimate of drug-likeness (QED) is 0.744. The monoisotopic (exact) mass is 249 g/mol. The lowest BCUT2D eigenvalue weighted by molar-refractivity contribution is 0.0942. The van der Waals surface area contributed by atoms with Crippen molar-refractivity contribution in [3.63, 3.8) is 0 Å². The summed E-state index contributed by atoms with van der Waals surface area (Å²) in [5.41, 5.74) is 6.50. The molecular weight excluding hydrogens is 234 g/mol. The Labute approximate surface area is 104 Å². The second-order valence-electron chi connectivity index (χ2n) is 3.69. The first kappa shape index (κ1) is 12.1. The van der Waals surface area contributed by atoms with Gasteiger partial charge >= 0.3 is 0 Å². The van der Waals surface area contributed by atoms with E-state index < -0.39 is 0 Å². The second-order valence-corrected chi connectivity index (χ2v) is 3.69. The highest BCUT2D eigenvalue weighted by Crippen LogP contribution is 2.09. The van der Waals surface area contributed by atoms with Crippen LogP contribution in [0, 0.1) is 0 Å². The molecule has 0 saturated heterocycles. The molecule has 0 aromatic carbocycles. The maximum atomic E-state index is 11.9. The highest BCUT2D eigenvalue weighted by Gasteiger charge is 2.15. The lowest BCUT2D eigenvalue weighted by Crippen LogP contribution is -2.30. The topological polar surface area (TPSA) is 104 Å². The first-order valence-corrected chi connectivity index (χ1v) is 5.66. The summed E-state index contributed by atoms with van der Waals surface area (Å²) in [6.07, 6.45) is 4.80. The molecular formula is C10H15N7O. The van der Waals surface area contributed by atoms with Crippen LogP contribution in [0.25, 0.3) is 0 Å². The van der Waals surface area contributed by atoms with Gasteiger partial charge < -0.3 is 11.1 Å². The number of rotatable bonds is 5. The van der Waals surface area contributed by atoms with Crippen molar-refractivity contribution in [3.05, 3.63) is 24.3 Å². The number of anilines is 1. The summed E-state index contributed by atoms with van der Waals surface area (Å²) >= 11 is 0. The van der Waals surface area contributed by atoms with Gasteiger partial charge in [0, 0.05) is 19.3 Å². The van der Waals surface area contributed by atoms with Crippen LogP contribution in [0.2, 0.25) is 0 Å². The van der Waals surface area contributed by atoms with Crippen LogP contribution in [0.4, 0.5) is 5.69 Å². The SMILES string of the molecule is CCn1ncc(N)c1C(=O)NCCn1ccnn1. The summed E-state index contributed by atoms with van der Waals surface area (Å²) < 4.78 is 3.21. The van der Waals surface area contributed by atoms with Crippen LogP contribution in [-0.4, -0.2) is 37.2 Å². The maximum absolute atomic E-state index is 11.9. The molecule has 0 bridgehead atoms. The molecule has 0 aliphatic heterocycles. The fourth-order valence-electron chi connectivity index (χ4n) is 1.61. The third-order valence-corrected chi connectivity index (χ3v) is 2.48. The Morgan fingerprint density at radius 3 is 3.06 bits per heavy atom. The van der Waals surface area contributed by atoms with Gasteiger partial charge in [-0.1, -0.05) is 5.21 Å². The number of carbonyl (C=O) groups excluding carboxylic acids is 1. The molecule has 0 aliphatic carbocycles. The van der Waals surface area contributed by atoms with E-state index >= 15 is 0 Å². The fraction of sp³-hybridized carbons (Fsp3) is 0.400. The molecule has 2 heterocycles. The molecule has 8 nitrogen and oxygen atoms in total. The minimum absolute atomic E-state index is 0.230. The summed E-state index contributed by atoms with van der Waals surface area (Å²) in [5.74, 6) is -0.230. The van der Waals surface area contributed by atoms with Gasteiger partial charge in [0.1, 0.15) is 5.69 Å². The normalized spacial score (nSPS) is 10.5. The largest absolute Gasteiger partial charge is 0.396 e. The first-order chi connectivity index (χ1) is 8.72. The highest BCUT2D eigenvalue weighted by atomic mass is 16.2. The Hall–Kier alpha value is -2.38. The van der Waals surface area contributed by atoms with Crippen molar-refractivity contribution >= 4 is 11.6 Å². The zero-order valence-electron chi connectivity index (χ0n) is 10.1. The number of nitrogens with one attached hydrogen (secondary N) is 1. The van der Waals surface area contributed by atoms with E-state index in [1.54, 1.807) is 21.8 Å². The van der Waals surface area contributed by atoms with Gasteiger partial charge in [0.2, 0.25) is 0 Å². The van der Waals surface area contributed by atoms with E-state index in [0.717, 1.165) is 0 Å². The molecule has 2 rings (SSSR count). The smallest absolute Gasteiger partial charge is 0.271 e. The number of amides is 1. The Bertz CT molecular complexity index is 516. The predicted molar refractivity (Wildman–Crippen MR) is 64.7 cm³/mol. The van der Waals surface area contributed by atoms with E-state index in [-0.39, 0.29) is 5.91 Å². The molecule has 2 aromatic heterocycles. The fourth-order valence-corrected chi connectivity index (χ4v) is 1.61. The second kappa shape index (κ2) is 5.30. The minimum Gasteiger partial charge on any atom is -0.396 e. The molecule has 8 heteroatoms. The van der Waals surface area contributed by atoms with Crippen molar-refractivity contribution in [2.75, 3.05) is 12.3 Å². The van der Waals surface area contributed by atoms with Crippen LogP contribution in [0.5, 0.6) is 0 Å².